The lowest BCUT2D eigenvalue weighted by molar-refractivity contribution is 0.0467. The second-order valence-electron chi connectivity index (χ2n) is 7.11. The van der Waals surface area contributed by atoms with E-state index in [0.717, 1.165) is 39.3 Å². The van der Waals surface area contributed by atoms with Crippen LogP contribution < -0.4 is 0 Å². The van der Waals surface area contributed by atoms with Crippen molar-refractivity contribution in [2.75, 3.05) is 46.3 Å². The van der Waals surface area contributed by atoms with Crippen LogP contribution >= 0.6 is 0 Å². The molecule has 3 heterocycles. The molecule has 0 atom stereocenters. The molecule has 0 aliphatic carbocycles. The van der Waals surface area contributed by atoms with E-state index >= 15 is 0 Å². The highest BCUT2D eigenvalue weighted by molar-refractivity contribution is 5.94. The van der Waals surface area contributed by atoms with Gasteiger partial charge in [0.1, 0.15) is 5.82 Å². The molecule has 0 radical (unpaired) electrons. The number of nitrogens with zero attached hydrogens (tertiary/aromatic N) is 4. The highest BCUT2D eigenvalue weighted by Crippen LogP contribution is 2.19. The quantitative estimate of drug-likeness (QED) is 0.897. The first-order chi connectivity index (χ1) is 12.1. The van der Waals surface area contributed by atoms with Crippen LogP contribution in [0.5, 0.6) is 0 Å². The number of piperidine rings is 1. The van der Waals surface area contributed by atoms with E-state index in [0.29, 0.717) is 22.9 Å². The Morgan fingerprint density at radius 2 is 1.88 bits per heavy atom. The first kappa shape index (κ1) is 16.5. The van der Waals surface area contributed by atoms with Gasteiger partial charge in [-0.3, -0.25) is 9.69 Å². The fourth-order valence-electron chi connectivity index (χ4n) is 3.88. The minimum Gasteiger partial charge on any atom is -0.334 e. The Balaban J connectivity index is 1.38. The summed E-state index contributed by atoms with van der Waals surface area (Å²) in [4.78, 5) is 26.7. The Bertz CT molecular complexity index is 760. The topological polar surface area (TPSA) is 55.5 Å². The van der Waals surface area contributed by atoms with Gasteiger partial charge in [-0.15, -0.1) is 0 Å². The number of aromatic amines is 1. The number of nitrogens with one attached hydrogen (secondary N) is 1. The zero-order valence-corrected chi connectivity index (χ0v) is 14.5. The highest BCUT2D eigenvalue weighted by Gasteiger charge is 2.29. The van der Waals surface area contributed by atoms with Crippen molar-refractivity contribution in [2.24, 2.45) is 0 Å². The van der Waals surface area contributed by atoms with Crippen LogP contribution in [0.3, 0.4) is 0 Å². The molecule has 2 saturated heterocycles. The van der Waals surface area contributed by atoms with E-state index in [2.05, 4.69) is 26.8 Å². The number of H-pyrrole nitrogens is 1. The lowest BCUT2D eigenvalue weighted by atomic mass is 10.0. The second kappa shape index (κ2) is 6.72. The summed E-state index contributed by atoms with van der Waals surface area (Å²) in [5.74, 6) is -0.130. The van der Waals surface area contributed by atoms with Crippen LogP contribution in [0, 0.1) is 5.82 Å². The Hall–Kier alpha value is -1.99. The first-order valence-corrected chi connectivity index (χ1v) is 8.97. The van der Waals surface area contributed by atoms with Crippen LogP contribution in [0.1, 0.15) is 23.5 Å². The zero-order chi connectivity index (χ0) is 17.4. The van der Waals surface area contributed by atoms with Gasteiger partial charge in [-0.25, -0.2) is 9.37 Å². The molecule has 134 valence electrons. The van der Waals surface area contributed by atoms with Crippen LogP contribution in [0.15, 0.2) is 18.2 Å². The van der Waals surface area contributed by atoms with E-state index in [4.69, 9.17) is 0 Å². The molecule has 0 bridgehead atoms. The van der Waals surface area contributed by atoms with Gasteiger partial charge in [0.05, 0.1) is 11.0 Å². The van der Waals surface area contributed by atoms with Crippen LogP contribution in [0.4, 0.5) is 4.39 Å². The van der Waals surface area contributed by atoms with Crippen molar-refractivity contribution in [3.63, 3.8) is 0 Å². The summed E-state index contributed by atoms with van der Waals surface area (Å²) in [5.41, 5.74) is 1.18. The minimum atomic E-state index is -0.332. The summed E-state index contributed by atoms with van der Waals surface area (Å²) in [5, 5.41) is 0. The largest absolute Gasteiger partial charge is 0.334 e. The summed E-state index contributed by atoms with van der Waals surface area (Å²) in [6.45, 7) is 5.57. The van der Waals surface area contributed by atoms with Crippen molar-refractivity contribution in [1.29, 1.82) is 0 Å². The normalized spacial score (nSPS) is 21.1. The van der Waals surface area contributed by atoms with E-state index in [-0.39, 0.29) is 11.7 Å². The third-order valence-corrected chi connectivity index (χ3v) is 5.45. The Morgan fingerprint density at radius 1 is 1.16 bits per heavy atom. The van der Waals surface area contributed by atoms with Crippen molar-refractivity contribution in [1.82, 2.24) is 24.7 Å². The SMILES string of the molecule is CN1CCC(N2CCN(C(=O)c3nc4ccc(F)cc4[nH]3)CC2)CC1. The summed E-state index contributed by atoms with van der Waals surface area (Å²) in [6, 6.07) is 4.97. The number of carbonyl (C=O) groups excluding carboxylic acids is 1. The predicted molar refractivity (Wildman–Crippen MR) is 94.0 cm³/mol. The van der Waals surface area contributed by atoms with Crippen molar-refractivity contribution >= 4 is 16.9 Å². The molecule has 25 heavy (non-hydrogen) atoms. The molecule has 4 rings (SSSR count). The van der Waals surface area contributed by atoms with Gasteiger partial charge in [0.15, 0.2) is 5.82 Å². The lowest BCUT2D eigenvalue weighted by Crippen LogP contribution is -2.54. The maximum atomic E-state index is 13.3. The number of rotatable bonds is 2. The molecule has 0 unspecified atom stereocenters. The average molecular weight is 345 g/mol. The van der Waals surface area contributed by atoms with Crippen LogP contribution in [0.2, 0.25) is 0 Å². The Kier molecular flexibility index (Phi) is 4.43. The monoisotopic (exact) mass is 345 g/mol. The van der Waals surface area contributed by atoms with Crippen molar-refractivity contribution < 1.29 is 9.18 Å². The van der Waals surface area contributed by atoms with E-state index in [1.165, 1.54) is 25.0 Å². The molecule has 1 aromatic carbocycles. The molecule has 1 amide bonds. The molecule has 7 heteroatoms. The maximum Gasteiger partial charge on any atom is 0.289 e. The minimum absolute atomic E-state index is 0.0976. The molecule has 2 aliphatic rings. The highest BCUT2D eigenvalue weighted by atomic mass is 19.1. The number of piperazine rings is 1. The summed E-state index contributed by atoms with van der Waals surface area (Å²) < 4.78 is 13.3. The summed E-state index contributed by atoms with van der Waals surface area (Å²) >= 11 is 0. The van der Waals surface area contributed by atoms with E-state index < -0.39 is 0 Å². The number of carbonyl (C=O) groups is 1. The number of likely N-dealkylation sites (tertiary alicyclic amines) is 1. The molecule has 0 saturated carbocycles. The first-order valence-electron chi connectivity index (χ1n) is 8.97. The van der Waals surface area contributed by atoms with Crippen molar-refractivity contribution in [2.45, 2.75) is 18.9 Å². The number of amides is 1. The number of aromatic nitrogens is 2. The molecule has 2 aromatic rings. The van der Waals surface area contributed by atoms with Crippen molar-refractivity contribution in [3.05, 3.63) is 29.8 Å². The summed E-state index contributed by atoms with van der Waals surface area (Å²) in [7, 11) is 2.17. The van der Waals surface area contributed by atoms with Gasteiger partial charge in [-0.05, 0) is 51.2 Å². The molecular formula is C18H24FN5O. The summed E-state index contributed by atoms with van der Waals surface area (Å²) in [6.07, 6.45) is 2.42. The van der Waals surface area contributed by atoms with E-state index in [9.17, 15) is 9.18 Å². The van der Waals surface area contributed by atoms with Gasteiger partial charge >= 0.3 is 0 Å². The van der Waals surface area contributed by atoms with Gasteiger partial charge in [0.25, 0.3) is 5.91 Å². The fourth-order valence-corrected chi connectivity index (χ4v) is 3.88. The Morgan fingerprint density at radius 3 is 2.60 bits per heavy atom. The fraction of sp³-hybridized carbons (Fsp3) is 0.556. The molecule has 1 N–H and O–H groups in total. The van der Waals surface area contributed by atoms with Gasteiger partial charge in [0.2, 0.25) is 0 Å². The van der Waals surface area contributed by atoms with E-state index in [1.807, 2.05) is 4.90 Å². The van der Waals surface area contributed by atoms with E-state index in [1.54, 1.807) is 6.07 Å². The number of imidazole rings is 1. The second-order valence-corrected chi connectivity index (χ2v) is 7.11. The molecule has 2 aliphatic heterocycles. The number of fused-ring (bicyclic) bond motifs is 1. The molecule has 0 spiro atoms. The molecule has 6 nitrogen and oxygen atoms in total. The standard InChI is InChI=1S/C18H24FN5O/c1-22-6-4-14(5-7-22)23-8-10-24(11-9-23)18(25)17-20-15-3-2-13(19)12-16(15)21-17/h2-3,12,14H,4-11H2,1H3,(H,20,21). The predicted octanol–water partition coefficient (Wildman–Crippen LogP) is 1.55. The third kappa shape index (κ3) is 3.39. The van der Waals surface area contributed by atoms with Gasteiger partial charge < -0.3 is 14.8 Å². The zero-order valence-electron chi connectivity index (χ0n) is 14.5. The number of hydrogen-bond donors (Lipinski definition) is 1. The number of benzene rings is 1. The molecule has 1 aromatic heterocycles. The van der Waals surface area contributed by atoms with Gasteiger partial charge in [-0.2, -0.15) is 0 Å². The average Bonchev–Trinajstić information content (AvgIpc) is 3.05. The third-order valence-electron chi connectivity index (χ3n) is 5.45. The van der Waals surface area contributed by atoms with Crippen molar-refractivity contribution in [3.8, 4) is 0 Å². The van der Waals surface area contributed by atoms with Gasteiger partial charge in [0, 0.05) is 32.2 Å². The Labute approximate surface area is 146 Å². The van der Waals surface area contributed by atoms with Crippen LogP contribution in [-0.2, 0) is 0 Å². The lowest BCUT2D eigenvalue weighted by Gasteiger charge is -2.42. The van der Waals surface area contributed by atoms with Gasteiger partial charge in [-0.1, -0.05) is 0 Å². The maximum absolute atomic E-state index is 13.3. The molecule has 2 fully saturated rings. The van der Waals surface area contributed by atoms with Crippen LogP contribution in [0.25, 0.3) is 11.0 Å². The smallest absolute Gasteiger partial charge is 0.289 e. The number of halogens is 1. The van der Waals surface area contributed by atoms with Crippen LogP contribution in [-0.4, -0.2) is 82.9 Å². The molecular weight excluding hydrogens is 321 g/mol. The number of hydrogen-bond acceptors (Lipinski definition) is 4.